The van der Waals surface area contributed by atoms with Crippen molar-refractivity contribution in [1.29, 1.82) is 0 Å². The fourth-order valence-corrected chi connectivity index (χ4v) is 1.30. The second-order valence-electron chi connectivity index (χ2n) is 3.22. The van der Waals surface area contributed by atoms with E-state index in [9.17, 15) is 9.59 Å². The van der Waals surface area contributed by atoms with Gasteiger partial charge in [0.05, 0.1) is 12.7 Å². The lowest BCUT2D eigenvalue weighted by atomic mass is 10.3. The van der Waals surface area contributed by atoms with Crippen LogP contribution in [-0.2, 0) is 4.74 Å². The standard InChI is InChI=1S/C11H9N3O3/c1-17-11(16)8-2-3-10(12-4-8)14-5-9(6-15)13-7-14/h2-7H,1H3. The van der Waals surface area contributed by atoms with E-state index >= 15 is 0 Å². The molecule has 86 valence electrons. The molecule has 17 heavy (non-hydrogen) atoms. The van der Waals surface area contributed by atoms with Gasteiger partial charge in [0.15, 0.2) is 6.29 Å². The van der Waals surface area contributed by atoms with E-state index in [1.807, 2.05) is 0 Å². The van der Waals surface area contributed by atoms with Crippen LogP contribution in [0.5, 0.6) is 0 Å². The van der Waals surface area contributed by atoms with Crippen LogP contribution >= 0.6 is 0 Å². The van der Waals surface area contributed by atoms with E-state index in [4.69, 9.17) is 0 Å². The van der Waals surface area contributed by atoms with Gasteiger partial charge in [0.25, 0.3) is 0 Å². The van der Waals surface area contributed by atoms with Gasteiger partial charge >= 0.3 is 5.97 Å². The molecule has 0 saturated heterocycles. The summed E-state index contributed by atoms with van der Waals surface area (Å²) in [7, 11) is 1.31. The minimum Gasteiger partial charge on any atom is -0.465 e. The Bertz CT molecular complexity index is 545. The van der Waals surface area contributed by atoms with Crippen molar-refractivity contribution in [2.75, 3.05) is 7.11 Å². The fraction of sp³-hybridized carbons (Fsp3) is 0.0909. The van der Waals surface area contributed by atoms with Gasteiger partial charge in [-0.1, -0.05) is 0 Å². The van der Waals surface area contributed by atoms with Gasteiger partial charge in [0, 0.05) is 12.4 Å². The molecule has 0 aliphatic carbocycles. The molecule has 0 bridgehead atoms. The predicted octanol–water partition coefficient (Wildman–Crippen LogP) is 0.866. The fourth-order valence-electron chi connectivity index (χ4n) is 1.30. The molecular formula is C11H9N3O3. The van der Waals surface area contributed by atoms with Crippen molar-refractivity contribution in [1.82, 2.24) is 14.5 Å². The quantitative estimate of drug-likeness (QED) is 0.578. The molecule has 2 rings (SSSR count). The largest absolute Gasteiger partial charge is 0.465 e. The van der Waals surface area contributed by atoms with E-state index < -0.39 is 5.97 Å². The second kappa shape index (κ2) is 4.56. The number of aldehydes is 1. The molecule has 2 aromatic rings. The third-order valence-corrected chi connectivity index (χ3v) is 2.16. The molecule has 0 fully saturated rings. The van der Waals surface area contributed by atoms with Crippen LogP contribution in [-0.4, -0.2) is 33.9 Å². The number of methoxy groups -OCH3 is 1. The van der Waals surface area contributed by atoms with E-state index in [2.05, 4.69) is 14.7 Å². The Kier molecular flexibility index (Phi) is 2.95. The number of imidazole rings is 1. The van der Waals surface area contributed by atoms with Crippen molar-refractivity contribution in [2.45, 2.75) is 0 Å². The first-order valence-corrected chi connectivity index (χ1v) is 4.78. The van der Waals surface area contributed by atoms with Crippen molar-refractivity contribution in [3.63, 3.8) is 0 Å². The van der Waals surface area contributed by atoms with Crippen molar-refractivity contribution < 1.29 is 14.3 Å². The monoisotopic (exact) mass is 231 g/mol. The van der Waals surface area contributed by atoms with Crippen LogP contribution in [0.15, 0.2) is 30.9 Å². The molecule has 0 atom stereocenters. The summed E-state index contributed by atoms with van der Waals surface area (Å²) < 4.78 is 6.15. The number of carbonyl (C=O) groups excluding carboxylic acids is 2. The Morgan fingerprint density at radius 2 is 2.24 bits per heavy atom. The van der Waals surface area contributed by atoms with E-state index in [0.29, 0.717) is 23.4 Å². The first-order valence-electron chi connectivity index (χ1n) is 4.78. The van der Waals surface area contributed by atoms with Crippen molar-refractivity contribution in [3.8, 4) is 5.82 Å². The number of esters is 1. The molecule has 0 aromatic carbocycles. The summed E-state index contributed by atoms with van der Waals surface area (Å²) in [5, 5.41) is 0. The van der Waals surface area contributed by atoms with Crippen molar-refractivity contribution in [3.05, 3.63) is 42.1 Å². The number of hydrogen-bond donors (Lipinski definition) is 0. The van der Waals surface area contributed by atoms with Gasteiger partial charge in [0.2, 0.25) is 0 Å². The Balaban J connectivity index is 2.28. The van der Waals surface area contributed by atoms with Crippen LogP contribution in [0.25, 0.3) is 5.82 Å². The first-order chi connectivity index (χ1) is 8.24. The van der Waals surface area contributed by atoms with Gasteiger partial charge in [0.1, 0.15) is 17.8 Å². The molecule has 0 unspecified atom stereocenters. The summed E-state index contributed by atoms with van der Waals surface area (Å²) in [6.45, 7) is 0. The van der Waals surface area contributed by atoms with Gasteiger partial charge in [-0.3, -0.25) is 9.36 Å². The van der Waals surface area contributed by atoms with Gasteiger partial charge in [-0.15, -0.1) is 0 Å². The molecule has 0 amide bonds. The van der Waals surface area contributed by atoms with Gasteiger partial charge in [-0.05, 0) is 12.1 Å². The number of carbonyl (C=O) groups is 2. The highest BCUT2D eigenvalue weighted by molar-refractivity contribution is 5.88. The highest BCUT2D eigenvalue weighted by Gasteiger charge is 2.06. The van der Waals surface area contributed by atoms with Crippen LogP contribution in [0, 0.1) is 0 Å². The molecule has 0 aliphatic rings. The highest BCUT2D eigenvalue weighted by atomic mass is 16.5. The van der Waals surface area contributed by atoms with Crippen LogP contribution < -0.4 is 0 Å². The molecular weight excluding hydrogens is 222 g/mol. The minimum absolute atomic E-state index is 0.323. The predicted molar refractivity (Wildman–Crippen MR) is 58.1 cm³/mol. The minimum atomic E-state index is -0.441. The SMILES string of the molecule is COC(=O)c1ccc(-n2cnc(C=O)c2)nc1. The van der Waals surface area contributed by atoms with Crippen molar-refractivity contribution >= 4 is 12.3 Å². The molecule has 2 heterocycles. The third kappa shape index (κ3) is 2.20. The molecule has 0 spiro atoms. The first kappa shape index (κ1) is 11.0. The third-order valence-electron chi connectivity index (χ3n) is 2.16. The molecule has 0 aliphatic heterocycles. The lowest BCUT2D eigenvalue weighted by Gasteiger charge is -2.02. The summed E-state index contributed by atoms with van der Waals surface area (Å²) >= 11 is 0. The van der Waals surface area contributed by atoms with Crippen LogP contribution in [0.4, 0.5) is 0 Å². The number of rotatable bonds is 3. The summed E-state index contributed by atoms with van der Waals surface area (Å²) in [6.07, 6.45) is 5.08. The number of pyridine rings is 1. The Labute approximate surface area is 96.9 Å². The topological polar surface area (TPSA) is 74.1 Å². The van der Waals surface area contributed by atoms with E-state index in [1.54, 1.807) is 22.9 Å². The molecule has 2 aromatic heterocycles. The zero-order valence-electron chi connectivity index (χ0n) is 9.03. The molecule has 0 N–H and O–H groups in total. The maximum atomic E-state index is 11.2. The Hall–Kier alpha value is -2.50. The number of hydrogen-bond acceptors (Lipinski definition) is 5. The summed E-state index contributed by atoms with van der Waals surface area (Å²) in [6, 6.07) is 3.23. The van der Waals surface area contributed by atoms with Gasteiger partial charge < -0.3 is 4.74 Å². The van der Waals surface area contributed by atoms with E-state index in [-0.39, 0.29) is 0 Å². The summed E-state index contributed by atoms with van der Waals surface area (Å²) in [4.78, 5) is 29.6. The average Bonchev–Trinajstić information content (AvgIpc) is 2.87. The summed E-state index contributed by atoms with van der Waals surface area (Å²) in [5.74, 6) is 0.126. The smallest absolute Gasteiger partial charge is 0.339 e. The number of nitrogens with zero attached hydrogens (tertiary/aromatic N) is 3. The second-order valence-corrected chi connectivity index (χ2v) is 3.22. The molecule has 6 heteroatoms. The lowest BCUT2D eigenvalue weighted by Crippen LogP contribution is -2.03. The Morgan fingerprint density at radius 1 is 1.41 bits per heavy atom. The van der Waals surface area contributed by atoms with Crippen molar-refractivity contribution in [2.24, 2.45) is 0 Å². The zero-order valence-corrected chi connectivity index (χ0v) is 9.03. The number of ether oxygens (including phenoxy) is 1. The lowest BCUT2D eigenvalue weighted by molar-refractivity contribution is 0.0600. The molecule has 0 radical (unpaired) electrons. The van der Waals surface area contributed by atoms with E-state index in [0.717, 1.165) is 0 Å². The van der Waals surface area contributed by atoms with E-state index in [1.165, 1.54) is 19.6 Å². The van der Waals surface area contributed by atoms with Gasteiger partial charge in [-0.2, -0.15) is 0 Å². The maximum absolute atomic E-state index is 11.2. The van der Waals surface area contributed by atoms with Crippen LogP contribution in [0.3, 0.4) is 0 Å². The Morgan fingerprint density at radius 3 is 2.76 bits per heavy atom. The van der Waals surface area contributed by atoms with Gasteiger partial charge in [-0.25, -0.2) is 14.8 Å². The average molecular weight is 231 g/mol. The maximum Gasteiger partial charge on any atom is 0.339 e. The van der Waals surface area contributed by atoms with Crippen LogP contribution in [0.2, 0.25) is 0 Å². The molecule has 0 saturated carbocycles. The number of aromatic nitrogens is 3. The highest BCUT2D eigenvalue weighted by Crippen LogP contribution is 2.07. The summed E-state index contributed by atoms with van der Waals surface area (Å²) in [5.41, 5.74) is 0.691. The normalized spacial score (nSPS) is 9.94. The zero-order chi connectivity index (χ0) is 12.3. The molecule has 6 nitrogen and oxygen atoms in total. The van der Waals surface area contributed by atoms with Crippen LogP contribution in [0.1, 0.15) is 20.8 Å².